The van der Waals surface area contributed by atoms with E-state index in [9.17, 15) is 10.1 Å². The van der Waals surface area contributed by atoms with Crippen molar-refractivity contribution in [3.05, 3.63) is 38.9 Å². The minimum absolute atomic E-state index is 0.0647. The van der Waals surface area contributed by atoms with Gasteiger partial charge in [-0.25, -0.2) is 0 Å². The standard InChI is InChI=1S/C8H8ClNO3/c9-8-5-7(11)2-1-6(8)3-4-10(12)13/h1-2,5,11H,3-4H2. The fraction of sp³-hybridized carbons (Fsp3) is 0.250. The summed E-state index contributed by atoms with van der Waals surface area (Å²) in [5.41, 5.74) is 0.677. The highest BCUT2D eigenvalue weighted by molar-refractivity contribution is 6.31. The Morgan fingerprint density at radius 3 is 2.77 bits per heavy atom. The van der Waals surface area contributed by atoms with Crippen LogP contribution in [0.1, 0.15) is 5.56 Å². The maximum atomic E-state index is 10.1. The minimum Gasteiger partial charge on any atom is -0.508 e. The number of rotatable bonds is 3. The van der Waals surface area contributed by atoms with Crippen LogP contribution in [0.4, 0.5) is 0 Å². The molecule has 0 radical (unpaired) electrons. The number of aromatic hydroxyl groups is 1. The Morgan fingerprint density at radius 2 is 2.23 bits per heavy atom. The Hall–Kier alpha value is -1.29. The third-order valence-electron chi connectivity index (χ3n) is 1.60. The number of nitro groups is 1. The van der Waals surface area contributed by atoms with Gasteiger partial charge < -0.3 is 5.11 Å². The Labute approximate surface area is 79.9 Å². The van der Waals surface area contributed by atoms with Gasteiger partial charge >= 0.3 is 0 Å². The number of hydrogen-bond donors (Lipinski definition) is 1. The highest BCUT2D eigenvalue weighted by Gasteiger charge is 2.04. The van der Waals surface area contributed by atoms with E-state index < -0.39 is 4.92 Å². The molecule has 4 nitrogen and oxygen atoms in total. The van der Waals surface area contributed by atoms with Crippen molar-refractivity contribution in [1.82, 2.24) is 0 Å². The summed E-state index contributed by atoms with van der Waals surface area (Å²) in [4.78, 5) is 9.66. The molecule has 0 aliphatic heterocycles. The zero-order chi connectivity index (χ0) is 9.84. The van der Waals surface area contributed by atoms with Crippen molar-refractivity contribution < 1.29 is 10.0 Å². The van der Waals surface area contributed by atoms with E-state index in [1.165, 1.54) is 12.1 Å². The molecule has 0 aromatic heterocycles. The maximum absolute atomic E-state index is 10.1. The van der Waals surface area contributed by atoms with Gasteiger partial charge in [0.15, 0.2) is 0 Å². The molecular formula is C8H8ClNO3. The van der Waals surface area contributed by atoms with E-state index in [-0.39, 0.29) is 18.7 Å². The van der Waals surface area contributed by atoms with Crippen molar-refractivity contribution in [1.29, 1.82) is 0 Å². The van der Waals surface area contributed by atoms with Crippen molar-refractivity contribution in [2.45, 2.75) is 6.42 Å². The summed E-state index contributed by atoms with van der Waals surface area (Å²) in [5.74, 6) is 0.0647. The van der Waals surface area contributed by atoms with Crippen LogP contribution in [-0.2, 0) is 6.42 Å². The predicted octanol–water partition coefficient (Wildman–Crippen LogP) is 1.86. The Bertz CT molecular complexity index is 327. The predicted molar refractivity (Wildman–Crippen MR) is 48.7 cm³/mol. The fourth-order valence-corrected chi connectivity index (χ4v) is 1.22. The third kappa shape index (κ3) is 2.91. The van der Waals surface area contributed by atoms with Gasteiger partial charge in [-0.2, -0.15) is 0 Å². The van der Waals surface area contributed by atoms with Crippen LogP contribution in [0.2, 0.25) is 5.02 Å². The molecule has 1 rings (SSSR count). The SMILES string of the molecule is O=[N+]([O-])CCc1ccc(O)cc1Cl. The second-order valence-corrected chi connectivity index (χ2v) is 2.99. The molecule has 5 heteroatoms. The summed E-state index contributed by atoms with van der Waals surface area (Å²) in [6.07, 6.45) is 0.284. The van der Waals surface area contributed by atoms with E-state index in [1.807, 2.05) is 0 Å². The quantitative estimate of drug-likeness (QED) is 0.600. The van der Waals surface area contributed by atoms with Crippen LogP contribution >= 0.6 is 11.6 Å². The van der Waals surface area contributed by atoms with Crippen molar-refractivity contribution in [3.8, 4) is 5.75 Å². The molecule has 0 saturated carbocycles. The first kappa shape index (κ1) is 9.80. The molecule has 0 saturated heterocycles. The lowest BCUT2D eigenvalue weighted by atomic mass is 10.1. The van der Waals surface area contributed by atoms with Gasteiger partial charge in [0.25, 0.3) is 0 Å². The Morgan fingerprint density at radius 1 is 1.54 bits per heavy atom. The summed E-state index contributed by atoms with van der Waals surface area (Å²) in [6.45, 7) is -0.148. The summed E-state index contributed by atoms with van der Waals surface area (Å²) in [5, 5.41) is 19.4. The van der Waals surface area contributed by atoms with Crippen LogP contribution in [-0.4, -0.2) is 16.6 Å². The van der Waals surface area contributed by atoms with E-state index in [1.54, 1.807) is 6.07 Å². The second kappa shape index (κ2) is 4.09. The third-order valence-corrected chi connectivity index (χ3v) is 1.95. The molecule has 1 aromatic rings. The lowest BCUT2D eigenvalue weighted by Crippen LogP contribution is -2.04. The molecule has 13 heavy (non-hydrogen) atoms. The largest absolute Gasteiger partial charge is 0.508 e. The van der Waals surface area contributed by atoms with Gasteiger partial charge in [-0.3, -0.25) is 10.1 Å². The molecule has 0 unspecified atom stereocenters. The van der Waals surface area contributed by atoms with Gasteiger partial charge in [0.2, 0.25) is 6.54 Å². The van der Waals surface area contributed by atoms with Crippen LogP contribution in [0.15, 0.2) is 18.2 Å². The van der Waals surface area contributed by atoms with Crippen LogP contribution < -0.4 is 0 Å². The molecule has 0 bridgehead atoms. The number of phenols is 1. The van der Waals surface area contributed by atoms with Gasteiger partial charge in [0, 0.05) is 16.4 Å². The summed E-state index contributed by atoms with van der Waals surface area (Å²) >= 11 is 5.73. The lowest BCUT2D eigenvalue weighted by molar-refractivity contribution is -0.479. The van der Waals surface area contributed by atoms with Crippen molar-refractivity contribution in [2.75, 3.05) is 6.54 Å². The Balaban J connectivity index is 2.72. The first-order chi connectivity index (χ1) is 6.09. The normalized spacial score (nSPS) is 9.92. The maximum Gasteiger partial charge on any atom is 0.207 e. The monoisotopic (exact) mass is 201 g/mol. The molecule has 0 heterocycles. The van der Waals surface area contributed by atoms with Gasteiger partial charge in [-0.15, -0.1) is 0 Å². The average molecular weight is 202 g/mol. The molecule has 1 aromatic carbocycles. The molecule has 0 aliphatic rings. The summed E-state index contributed by atoms with van der Waals surface area (Å²) in [6, 6.07) is 4.42. The topological polar surface area (TPSA) is 63.4 Å². The van der Waals surface area contributed by atoms with E-state index in [0.717, 1.165) is 0 Å². The lowest BCUT2D eigenvalue weighted by Gasteiger charge is -2.00. The summed E-state index contributed by atoms with van der Waals surface area (Å²) in [7, 11) is 0. The molecule has 0 fully saturated rings. The Kier molecular flexibility index (Phi) is 3.08. The fourth-order valence-electron chi connectivity index (χ4n) is 0.951. The summed E-state index contributed by atoms with van der Waals surface area (Å²) < 4.78 is 0. The average Bonchev–Trinajstić information content (AvgIpc) is 2.02. The van der Waals surface area contributed by atoms with Crippen molar-refractivity contribution in [2.24, 2.45) is 0 Å². The van der Waals surface area contributed by atoms with E-state index in [0.29, 0.717) is 10.6 Å². The van der Waals surface area contributed by atoms with Gasteiger partial charge in [0.1, 0.15) is 5.75 Å². The van der Waals surface area contributed by atoms with Crippen molar-refractivity contribution >= 4 is 11.6 Å². The molecule has 1 N–H and O–H groups in total. The first-order valence-corrected chi connectivity index (χ1v) is 4.06. The zero-order valence-electron chi connectivity index (χ0n) is 6.74. The van der Waals surface area contributed by atoms with Gasteiger partial charge in [-0.1, -0.05) is 17.7 Å². The number of hydrogen-bond acceptors (Lipinski definition) is 3. The van der Waals surface area contributed by atoms with Gasteiger partial charge in [-0.05, 0) is 17.7 Å². The molecular weight excluding hydrogens is 194 g/mol. The minimum atomic E-state index is -0.400. The van der Waals surface area contributed by atoms with E-state index in [2.05, 4.69) is 0 Å². The van der Waals surface area contributed by atoms with E-state index >= 15 is 0 Å². The molecule has 0 spiro atoms. The van der Waals surface area contributed by atoms with E-state index in [4.69, 9.17) is 16.7 Å². The molecule has 0 amide bonds. The highest BCUT2D eigenvalue weighted by Crippen LogP contribution is 2.21. The number of benzene rings is 1. The van der Waals surface area contributed by atoms with Crippen LogP contribution in [0.5, 0.6) is 5.75 Å². The highest BCUT2D eigenvalue weighted by atomic mass is 35.5. The number of nitrogens with zero attached hydrogens (tertiary/aromatic N) is 1. The number of halogens is 1. The van der Waals surface area contributed by atoms with Crippen LogP contribution in [0.25, 0.3) is 0 Å². The zero-order valence-corrected chi connectivity index (χ0v) is 7.49. The molecule has 0 aliphatic carbocycles. The van der Waals surface area contributed by atoms with Crippen molar-refractivity contribution in [3.63, 3.8) is 0 Å². The number of phenolic OH excluding ortho intramolecular Hbond substituents is 1. The molecule has 0 atom stereocenters. The molecule has 70 valence electrons. The van der Waals surface area contributed by atoms with Crippen LogP contribution in [0.3, 0.4) is 0 Å². The first-order valence-electron chi connectivity index (χ1n) is 3.69. The van der Waals surface area contributed by atoms with Crippen LogP contribution in [0, 0.1) is 10.1 Å². The second-order valence-electron chi connectivity index (χ2n) is 2.58. The van der Waals surface area contributed by atoms with Gasteiger partial charge in [0.05, 0.1) is 0 Å². The smallest absolute Gasteiger partial charge is 0.207 e.